The molecular weight excluding hydrogens is 298 g/mol. The molecule has 4 nitrogen and oxygen atoms in total. The molecule has 0 saturated heterocycles. The van der Waals surface area contributed by atoms with Gasteiger partial charge in [0.05, 0.1) is 18.5 Å². The maximum atomic E-state index is 6.48. The lowest BCUT2D eigenvalue weighted by Crippen LogP contribution is -2.09. The maximum Gasteiger partial charge on any atom is 0.123 e. The lowest BCUT2D eigenvalue weighted by atomic mass is 9.87. The molecule has 120 valence electrons. The Morgan fingerprint density at radius 3 is 2.68 bits per heavy atom. The third-order valence-corrected chi connectivity index (χ3v) is 4.56. The van der Waals surface area contributed by atoms with E-state index >= 15 is 0 Å². The van der Waals surface area contributed by atoms with Gasteiger partial charge in [0.1, 0.15) is 5.75 Å². The van der Waals surface area contributed by atoms with E-state index in [0.717, 1.165) is 46.9 Å². The Labute approximate surface area is 137 Å². The number of aryl methyl sites for hydroxylation is 1. The van der Waals surface area contributed by atoms with Gasteiger partial charge in [-0.1, -0.05) is 25.4 Å². The normalized spacial score (nSPS) is 12.4. The fourth-order valence-electron chi connectivity index (χ4n) is 2.80. The van der Waals surface area contributed by atoms with Crippen LogP contribution in [0.4, 0.5) is 0 Å². The van der Waals surface area contributed by atoms with Gasteiger partial charge in [-0.05, 0) is 49.8 Å². The highest BCUT2D eigenvalue weighted by Crippen LogP contribution is 2.39. The molecular formula is C17H24ClN3O. The van der Waals surface area contributed by atoms with Crippen LogP contribution in [0.15, 0.2) is 12.3 Å². The Bertz CT molecular complexity index is 611. The van der Waals surface area contributed by atoms with Crippen molar-refractivity contribution < 1.29 is 4.74 Å². The molecule has 2 aromatic rings. The zero-order valence-corrected chi connectivity index (χ0v) is 14.5. The van der Waals surface area contributed by atoms with Gasteiger partial charge >= 0.3 is 0 Å². The molecule has 1 N–H and O–H groups in total. The molecule has 1 atom stereocenters. The number of aromatic amines is 1. The number of nitrogens with one attached hydrogen (secondary N) is 1. The Hall–Kier alpha value is -1.55. The van der Waals surface area contributed by atoms with Gasteiger partial charge in [0.25, 0.3) is 0 Å². The molecule has 1 aromatic heterocycles. The number of H-pyrrole nitrogens is 1. The monoisotopic (exact) mass is 321 g/mol. The number of hydrogen-bond acceptors (Lipinski definition) is 3. The molecule has 0 amide bonds. The van der Waals surface area contributed by atoms with Crippen LogP contribution in [0.2, 0.25) is 5.02 Å². The number of ether oxygens (including phenoxy) is 1. The molecule has 5 heteroatoms. The molecule has 2 rings (SSSR count). The quantitative estimate of drug-likeness (QED) is 0.810. The highest BCUT2D eigenvalue weighted by Gasteiger charge is 2.22. The van der Waals surface area contributed by atoms with E-state index in [0.29, 0.717) is 12.5 Å². The third kappa shape index (κ3) is 3.61. The van der Waals surface area contributed by atoms with E-state index in [-0.39, 0.29) is 0 Å². The maximum absolute atomic E-state index is 6.48. The molecule has 0 aliphatic carbocycles. The average Bonchev–Trinajstić information content (AvgIpc) is 3.02. The molecule has 0 fully saturated rings. The predicted molar refractivity (Wildman–Crippen MR) is 89.8 cm³/mol. The van der Waals surface area contributed by atoms with E-state index < -0.39 is 0 Å². The summed E-state index contributed by atoms with van der Waals surface area (Å²) in [5, 5.41) is 11.6. The molecule has 0 spiro atoms. The summed E-state index contributed by atoms with van der Waals surface area (Å²) in [6.45, 7) is 9.11. The van der Waals surface area contributed by atoms with E-state index in [1.807, 2.05) is 6.92 Å². The summed E-state index contributed by atoms with van der Waals surface area (Å²) < 4.78 is 6.00. The van der Waals surface area contributed by atoms with Crippen molar-refractivity contribution in [2.24, 2.45) is 0 Å². The van der Waals surface area contributed by atoms with Crippen LogP contribution in [0.5, 0.6) is 5.75 Å². The van der Waals surface area contributed by atoms with Crippen LogP contribution in [-0.4, -0.2) is 22.0 Å². The Morgan fingerprint density at radius 2 is 2.09 bits per heavy atom. The van der Waals surface area contributed by atoms with Gasteiger partial charge in [-0.25, -0.2) is 0 Å². The smallest absolute Gasteiger partial charge is 0.123 e. The van der Waals surface area contributed by atoms with Crippen molar-refractivity contribution in [3.8, 4) is 5.75 Å². The number of benzene rings is 1. The lowest BCUT2D eigenvalue weighted by molar-refractivity contribution is 0.311. The van der Waals surface area contributed by atoms with Crippen LogP contribution in [0, 0.1) is 13.8 Å². The molecule has 0 radical (unpaired) electrons. The van der Waals surface area contributed by atoms with E-state index in [9.17, 15) is 0 Å². The van der Waals surface area contributed by atoms with Gasteiger partial charge in [-0.15, -0.1) is 0 Å². The Kier molecular flexibility index (Phi) is 5.83. The van der Waals surface area contributed by atoms with Crippen LogP contribution in [0.25, 0.3) is 0 Å². The summed E-state index contributed by atoms with van der Waals surface area (Å²) in [5.74, 6) is 1.27. The Morgan fingerprint density at radius 1 is 1.32 bits per heavy atom. The number of nitrogens with zero attached hydrogens (tertiary/aromatic N) is 2. The minimum Gasteiger partial charge on any atom is -0.493 e. The molecule has 0 saturated carbocycles. The van der Waals surface area contributed by atoms with Gasteiger partial charge < -0.3 is 4.74 Å². The van der Waals surface area contributed by atoms with Gasteiger partial charge in [0.15, 0.2) is 0 Å². The highest BCUT2D eigenvalue weighted by atomic mass is 35.5. The topological polar surface area (TPSA) is 50.8 Å². The van der Waals surface area contributed by atoms with Gasteiger partial charge in [-0.3, -0.25) is 0 Å². The first kappa shape index (κ1) is 16.8. The van der Waals surface area contributed by atoms with Crippen molar-refractivity contribution in [2.75, 3.05) is 6.61 Å². The van der Waals surface area contributed by atoms with Crippen molar-refractivity contribution in [1.29, 1.82) is 0 Å². The van der Waals surface area contributed by atoms with Gasteiger partial charge in [0.2, 0.25) is 0 Å². The second-order valence-corrected chi connectivity index (χ2v) is 6.04. The minimum absolute atomic E-state index is 0.315. The summed E-state index contributed by atoms with van der Waals surface area (Å²) >= 11 is 6.48. The fraction of sp³-hybridized carbons (Fsp3) is 0.529. The van der Waals surface area contributed by atoms with Crippen molar-refractivity contribution >= 4 is 11.6 Å². The van der Waals surface area contributed by atoms with Crippen LogP contribution in [0.1, 0.15) is 55.0 Å². The predicted octanol–water partition coefficient (Wildman–Crippen LogP) is 4.60. The summed E-state index contributed by atoms with van der Waals surface area (Å²) in [5.41, 5.74) is 4.34. The fourth-order valence-corrected chi connectivity index (χ4v) is 2.96. The standard InChI is InChI=1S/C17H24ClN3O/c1-5-7-22-15-8-11(3)17(18)12(4)16(15)13(6-2)9-14-10-19-21-20-14/h8,10,13H,5-7,9H2,1-4H3,(H,19,20,21). The number of rotatable bonds is 7. The van der Waals surface area contributed by atoms with Crippen molar-refractivity contribution in [1.82, 2.24) is 15.4 Å². The molecule has 0 aliphatic rings. The first-order valence-electron chi connectivity index (χ1n) is 7.85. The molecule has 22 heavy (non-hydrogen) atoms. The Balaban J connectivity index is 2.42. The van der Waals surface area contributed by atoms with Crippen LogP contribution < -0.4 is 4.74 Å². The first-order valence-corrected chi connectivity index (χ1v) is 8.23. The number of halogens is 1. The summed E-state index contributed by atoms with van der Waals surface area (Å²) in [7, 11) is 0. The SMILES string of the molecule is CCCOc1cc(C)c(Cl)c(C)c1C(CC)Cc1cn[nH]n1. The second kappa shape index (κ2) is 7.63. The lowest BCUT2D eigenvalue weighted by Gasteiger charge is -2.23. The zero-order valence-electron chi connectivity index (χ0n) is 13.7. The molecule has 1 aromatic carbocycles. The van der Waals surface area contributed by atoms with Crippen molar-refractivity contribution in [2.45, 2.75) is 52.9 Å². The van der Waals surface area contributed by atoms with Crippen molar-refractivity contribution in [3.63, 3.8) is 0 Å². The van der Waals surface area contributed by atoms with Crippen LogP contribution in [-0.2, 0) is 6.42 Å². The summed E-state index contributed by atoms with van der Waals surface area (Å²) in [6.07, 6.45) is 4.59. The van der Waals surface area contributed by atoms with Gasteiger partial charge in [0, 0.05) is 17.0 Å². The minimum atomic E-state index is 0.315. The second-order valence-electron chi connectivity index (χ2n) is 5.66. The summed E-state index contributed by atoms with van der Waals surface area (Å²) in [4.78, 5) is 0. The van der Waals surface area contributed by atoms with E-state index in [1.165, 1.54) is 5.56 Å². The average molecular weight is 322 g/mol. The third-order valence-electron chi connectivity index (χ3n) is 3.98. The highest BCUT2D eigenvalue weighted by molar-refractivity contribution is 6.32. The van der Waals surface area contributed by atoms with Crippen LogP contribution in [0.3, 0.4) is 0 Å². The molecule has 1 unspecified atom stereocenters. The van der Waals surface area contributed by atoms with Crippen LogP contribution >= 0.6 is 11.6 Å². The van der Waals surface area contributed by atoms with Crippen molar-refractivity contribution in [3.05, 3.63) is 39.7 Å². The molecule has 0 aliphatic heterocycles. The largest absolute Gasteiger partial charge is 0.493 e. The first-order chi connectivity index (χ1) is 10.6. The molecule has 1 heterocycles. The summed E-state index contributed by atoms with van der Waals surface area (Å²) in [6, 6.07) is 2.06. The van der Waals surface area contributed by atoms with E-state index in [2.05, 4.69) is 42.2 Å². The van der Waals surface area contributed by atoms with Gasteiger partial charge in [-0.2, -0.15) is 15.4 Å². The number of aromatic nitrogens is 3. The number of hydrogen-bond donors (Lipinski definition) is 1. The zero-order chi connectivity index (χ0) is 16.1. The van der Waals surface area contributed by atoms with E-state index in [1.54, 1.807) is 6.20 Å². The van der Waals surface area contributed by atoms with E-state index in [4.69, 9.17) is 16.3 Å². The molecule has 0 bridgehead atoms.